The number of carboxylic acids is 1. The van der Waals surface area contributed by atoms with Crippen molar-refractivity contribution in [2.24, 2.45) is 4.99 Å². The van der Waals surface area contributed by atoms with Gasteiger partial charge in [-0.1, -0.05) is 29.5 Å². The molecule has 1 N–H and O–H groups in total. The van der Waals surface area contributed by atoms with Gasteiger partial charge in [0.2, 0.25) is 0 Å². The van der Waals surface area contributed by atoms with E-state index in [4.69, 9.17) is 5.11 Å². The van der Waals surface area contributed by atoms with E-state index in [1.54, 1.807) is 12.1 Å². The molecule has 1 heterocycles. The molecule has 0 aliphatic rings. The van der Waals surface area contributed by atoms with Gasteiger partial charge in [-0.25, -0.2) is 0 Å². The van der Waals surface area contributed by atoms with Gasteiger partial charge in [-0.2, -0.15) is 18.2 Å². The maximum absolute atomic E-state index is 12.8. The minimum atomic E-state index is -4.58. The largest absolute Gasteiger partial charge is 0.480 e. The number of rotatable bonds is 3. The Morgan fingerprint density at radius 1 is 1.19 bits per heavy atom. The molecule has 0 spiro atoms. The van der Waals surface area contributed by atoms with Gasteiger partial charge in [-0.15, -0.1) is 0 Å². The number of nitrogens with zero attached hydrogens (tertiary/aromatic N) is 2. The van der Waals surface area contributed by atoms with Crippen LogP contribution in [-0.2, 0) is 17.5 Å². The molecule has 27 heavy (non-hydrogen) atoms. The number of aromatic nitrogens is 1. The van der Waals surface area contributed by atoms with Crippen molar-refractivity contribution in [2.45, 2.75) is 19.6 Å². The van der Waals surface area contributed by atoms with Crippen LogP contribution >= 0.6 is 11.3 Å². The average Bonchev–Trinajstić information content (AvgIpc) is 2.93. The van der Waals surface area contributed by atoms with Crippen LogP contribution in [0.3, 0.4) is 0 Å². The predicted molar refractivity (Wildman–Crippen MR) is 93.5 cm³/mol. The van der Waals surface area contributed by atoms with Crippen molar-refractivity contribution in [1.82, 2.24) is 4.57 Å². The topological polar surface area (TPSA) is 71.7 Å². The molecular weight excluding hydrogens is 381 g/mol. The zero-order chi connectivity index (χ0) is 19.8. The fraction of sp³-hybridized carbons (Fsp3) is 0.167. The number of carbonyl (C=O) groups excluding carboxylic acids is 1. The predicted octanol–water partition coefficient (Wildman–Crippen LogP) is 3.86. The first-order valence-electron chi connectivity index (χ1n) is 7.74. The summed E-state index contributed by atoms with van der Waals surface area (Å²) in [6.45, 7) is 1.42. The van der Waals surface area contributed by atoms with Gasteiger partial charge in [0.05, 0.1) is 15.8 Å². The fourth-order valence-electron chi connectivity index (χ4n) is 2.58. The maximum atomic E-state index is 12.8. The van der Waals surface area contributed by atoms with Gasteiger partial charge in [0, 0.05) is 5.56 Å². The highest BCUT2D eigenvalue weighted by Crippen LogP contribution is 2.29. The second-order valence-electron chi connectivity index (χ2n) is 5.78. The Morgan fingerprint density at radius 3 is 2.56 bits per heavy atom. The van der Waals surface area contributed by atoms with Gasteiger partial charge >= 0.3 is 12.1 Å². The zero-order valence-electron chi connectivity index (χ0n) is 13.9. The first-order chi connectivity index (χ1) is 12.7. The Kier molecular flexibility index (Phi) is 4.88. The van der Waals surface area contributed by atoms with Crippen molar-refractivity contribution in [1.29, 1.82) is 0 Å². The number of halogens is 3. The maximum Gasteiger partial charge on any atom is 0.416 e. The summed E-state index contributed by atoms with van der Waals surface area (Å²) in [4.78, 5) is 27.6. The third-order valence-electron chi connectivity index (χ3n) is 3.83. The summed E-state index contributed by atoms with van der Waals surface area (Å²) >= 11 is 1.12. The van der Waals surface area contributed by atoms with Crippen LogP contribution in [0.25, 0.3) is 10.2 Å². The second-order valence-corrected chi connectivity index (χ2v) is 6.76. The van der Waals surface area contributed by atoms with Crippen LogP contribution in [0.1, 0.15) is 21.5 Å². The molecule has 140 valence electrons. The number of carbonyl (C=O) groups is 2. The van der Waals surface area contributed by atoms with E-state index in [9.17, 15) is 22.8 Å². The Bertz CT molecular complexity index is 1110. The molecule has 3 aromatic rings. The van der Waals surface area contributed by atoms with E-state index in [0.717, 1.165) is 39.8 Å². The molecule has 5 nitrogen and oxygen atoms in total. The molecule has 3 rings (SSSR count). The Labute approximate surface area is 155 Å². The van der Waals surface area contributed by atoms with E-state index in [-0.39, 0.29) is 10.4 Å². The highest BCUT2D eigenvalue weighted by atomic mass is 32.1. The summed E-state index contributed by atoms with van der Waals surface area (Å²) in [5, 5.41) is 9.15. The van der Waals surface area contributed by atoms with Gasteiger partial charge in [0.1, 0.15) is 6.54 Å². The molecule has 0 saturated carbocycles. The second kappa shape index (κ2) is 6.99. The third-order valence-corrected chi connectivity index (χ3v) is 5.06. The molecule has 0 saturated heterocycles. The summed E-state index contributed by atoms with van der Waals surface area (Å²) in [7, 11) is 0. The SMILES string of the molecule is Cc1cccc2c1sc(=NC(=O)c1cccc(C(F)(F)F)c1)n2CC(=O)O. The molecule has 0 fully saturated rings. The fourth-order valence-corrected chi connectivity index (χ4v) is 3.68. The van der Waals surface area contributed by atoms with E-state index in [1.807, 2.05) is 13.0 Å². The summed E-state index contributed by atoms with van der Waals surface area (Å²) in [6, 6.07) is 9.25. The van der Waals surface area contributed by atoms with Crippen LogP contribution in [0.4, 0.5) is 13.2 Å². The molecule has 0 aliphatic heterocycles. The number of hydrogen-bond acceptors (Lipinski definition) is 3. The lowest BCUT2D eigenvalue weighted by atomic mass is 10.1. The standard InChI is InChI=1S/C18H13F3N2O3S/c1-10-4-2-7-13-15(10)27-17(23(13)9-14(24)25)22-16(26)11-5-3-6-12(8-11)18(19,20)21/h2-8H,9H2,1H3,(H,24,25). The number of amides is 1. The monoisotopic (exact) mass is 394 g/mol. The number of aliphatic carboxylic acids is 1. The van der Waals surface area contributed by atoms with Gasteiger partial charge in [0.25, 0.3) is 5.91 Å². The van der Waals surface area contributed by atoms with Gasteiger partial charge in [-0.05, 0) is 36.8 Å². The van der Waals surface area contributed by atoms with Crippen molar-refractivity contribution in [3.05, 3.63) is 64.0 Å². The van der Waals surface area contributed by atoms with E-state index >= 15 is 0 Å². The zero-order valence-corrected chi connectivity index (χ0v) is 14.8. The summed E-state index contributed by atoms with van der Waals surface area (Å²) < 4.78 is 40.6. The molecular formula is C18H13F3N2O3S. The number of thiazole rings is 1. The third kappa shape index (κ3) is 3.92. The van der Waals surface area contributed by atoms with Crippen LogP contribution in [0.15, 0.2) is 47.5 Å². The van der Waals surface area contributed by atoms with Crippen LogP contribution in [0.5, 0.6) is 0 Å². The molecule has 0 bridgehead atoms. The number of fused-ring (bicyclic) bond motifs is 1. The number of alkyl halides is 3. The Morgan fingerprint density at radius 2 is 1.89 bits per heavy atom. The summed E-state index contributed by atoms with van der Waals surface area (Å²) in [5.74, 6) is -1.99. The van der Waals surface area contributed by atoms with Crippen LogP contribution in [0.2, 0.25) is 0 Å². The van der Waals surface area contributed by atoms with Gasteiger partial charge in [-0.3, -0.25) is 9.59 Å². The molecule has 0 radical (unpaired) electrons. The van der Waals surface area contributed by atoms with E-state index in [1.165, 1.54) is 10.6 Å². The normalized spacial score (nSPS) is 12.5. The lowest BCUT2D eigenvalue weighted by Crippen LogP contribution is -2.21. The smallest absolute Gasteiger partial charge is 0.416 e. The molecule has 0 atom stereocenters. The molecule has 0 unspecified atom stereocenters. The minimum absolute atomic E-state index is 0.115. The lowest BCUT2D eigenvalue weighted by molar-refractivity contribution is -0.138. The van der Waals surface area contributed by atoms with Crippen molar-refractivity contribution in [3.8, 4) is 0 Å². The first-order valence-corrected chi connectivity index (χ1v) is 8.55. The van der Waals surface area contributed by atoms with Crippen LogP contribution in [-0.4, -0.2) is 21.6 Å². The van der Waals surface area contributed by atoms with Gasteiger partial charge in [0.15, 0.2) is 4.80 Å². The minimum Gasteiger partial charge on any atom is -0.480 e. The van der Waals surface area contributed by atoms with Crippen molar-refractivity contribution in [3.63, 3.8) is 0 Å². The van der Waals surface area contributed by atoms with E-state index in [0.29, 0.717) is 5.52 Å². The number of carboxylic acid groups (broad SMARTS) is 1. The molecule has 1 amide bonds. The average molecular weight is 394 g/mol. The van der Waals surface area contributed by atoms with Crippen LogP contribution in [0, 0.1) is 6.92 Å². The Hall–Kier alpha value is -2.94. The molecule has 0 aliphatic carbocycles. The lowest BCUT2D eigenvalue weighted by Gasteiger charge is -2.06. The Balaban J connectivity index is 2.14. The van der Waals surface area contributed by atoms with Crippen molar-refractivity contribution >= 4 is 33.4 Å². The number of aryl methyl sites for hydroxylation is 1. The summed E-state index contributed by atoms with van der Waals surface area (Å²) in [6.07, 6.45) is -4.58. The van der Waals surface area contributed by atoms with Crippen LogP contribution < -0.4 is 4.80 Å². The molecule has 9 heteroatoms. The quantitative estimate of drug-likeness (QED) is 0.733. The highest BCUT2D eigenvalue weighted by molar-refractivity contribution is 7.16. The van der Waals surface area contributed by atoms with Crippen molar-refractivity contribution in [2.75, 3.05) is 0 Å². The van der Waals surface area contributed by atoms with E-state index < -0.39 is 30.2 Å². The number of hydrogen-bond donors (Lipinski definition) is 1. The number of benzene rings is 2. The summed E-state index contributed by atoms with van der Waals surface area (Å²) in [5.41, 5.74) is 0.303. The first kappa shape index (κ1) is 18.8. The van der Waals surface area contributed by atoms with Gasteiger partial charge < -0.3 is 9.67 Å². The van der Waals surface area contributed by atoms with Crippen molar-refractivity contribution < 1.29 is 27.9 Å². The van der Waals surface area contributed by atoms with E-state index in [2.05, 4.69) is 4.99 Å². The highest BCUT2D eigenvalue weighted by Gasteiger charge is 2.30. The molecule has 2 aromatic carbocycles. The molecule has 1 aromatic heterocycles.